The molecule has 7 heteroatoms. The van der Waals surface area contributed by atoms with E-state index in [0.29, 0.717) is 6.04 Å². The molecule has 0 aromatic carbocycles. The molecule has 1 atom stereocenters. The molecule has 1 N–H and O–H groups in total. The summed E-state index contributed by atoms with van der Waals surface area (Å²) in [5.41, 5.74) is 0. The van der Waals surface area contributed by atoms with Crippen LogP contribution in [0.3, 0.4) is 0 Å². The van der Waals surface area contributed by atoms with E-state index in [9.17, 15) is 4.79 Å². The van der Waals surface area contributed by atoms with Gasteiger partial charge in [-0.15, -0.1) is 10.2 Å². The van der Waals surface area contributed by atoms with E-state index in [0.717, 1.165) is 26.1 Å². The second-order valence-corrected chi connectivity index (χ2v) is 4.35. The first-order valence-electron chi connectivity index (χ1n) is 5.95. The number of nitrogens with zero attached hydrogens (tertiary/aromatic N) is 5. The van der Waals surface area contributed by atoms with Crippen LogP contribution in [0.25, 0.3) is 0 Å². The minimum atomic E-state index is -0.179. The smallest absolute Gasteiger partial charge is 0.295 e. The van der Waals surface area contributed by atoms with Crippen LogP contribution in [0.5, 0.6) is 0 Å². The fourth-order valence-electron chi connectivity index (χ4n) is 2.34. The maximum Gasteiger partial charge on any atom is 0.295 e. The highest BCUT2D eigenvalue weighted by Gasteiger charge is 2.26. The molecule has 1 unspecified atom stereocenters. The molecule has 17 heavy (non-hydrogen) atoms. The first kappa shape index (κ1) is 12.0. The first-order chi connectivity index (χ1) is 8.22. The van der Waals surface area contributed by atoms with Gasteiger partial charge in [0.25, 0.3) is 11.7 Å². The monoisotopic (exact) mass is 238 g/mol. The molecule has 1 amide bonds. The summed E-state index contributed by atoms with van der Waals surface area (Å²) in [6.07, 6.45) is 2.36. The quantitative estimate of drug-likeness (QED) is 0.783. The Labute approximate surface area is 100 Å². The van der Waals surface area contributed by atoms with E-state index in [1.54, 1.807) is 11.9 Å². The van der Waals surface area contributed by atoms with Gasteiger partial charge >= 0.3 is 0 Å². The van der Waals surface area contributed by atoms with Crippen molar-refractivity contribution in [3.8, 4) is 0 Å². The van der Waals surface area contributed by atoms with E-state index in [1.165, 1.54) is 6.42 Å². The molecule has 0 bridgehead atoms. The molecular formula is C10H18N6O. The van der Waals surface area contributed by atoms with Gasteiger partial charge in [0, 0.05) is 19.6 Å². The summed E-state index contributed by atoms with van der Waals surface area (Å²) in [4.78, 5) is 16.0. The molecule has 1 aromatic heterocycles. The Morgan fingerprint density at radius 1 is 1.65 bits per heavy atom. The van der Waals surface area contributed by atoms with Crippen molar-refractivity contribution in [2.75, 3.05) is 26.7 Å². The van der Waals surface area contributed by atoms with Crippen LogP contribution >= 0.6 is 0 Å². The molecular weight excluding hydrogens is 220 g/mol. The zero-order chi connectivity index (χ0) is 12.3. The standard InChI is InChI=1S/C10H18N6O/c1-3-16-6-4-5-8(16)7-15(2)10(17)9-11-13-14-12-9/h8H,3-7H2,1-2H3,(H,11,12,13,14). The number of carbonyl (C=O) groups excluding carboxylic acids is 1. The number of rotatable bonds is 4. The van der Waals surface area contributed by atoms with E-state index in [1.807, 2.05) is 0 Å². The highest BCUT2D eigenvalue weighted by atomic mass is 16.2. The zero-order valence-electron chi connectivity index (χ0n) is 10.3. The average Bonchev–Trinajstić information content (AvgIpc) is 2.98. The van der Waals surface area contributed by atoms with E-state index < -0.39 is 0 Å². The van der Waals surface area contributed by atoms with Gasteiger partial charge in [0.1, 0.15) is 0 Å². The van der Waals surface area contributed by atoms with Crippen LogP contribution in [0, 0.1) is 0 Å². The van der Waals surface area contributed by atoms with Crippen LogP contribution in [0.1, 0.15) is 30.4 Å². The van der Waals surface area contributed by atoms with Gasteiger partial charge in [0.15, 0.2) is 0 Å². The van der Waals surface area contributed by atoms with Gasteiger partial charge in [-0.25, -0.2) is 0 Å². The number of carbonyl (C=O) groups is 1. The van der Waals surface area contributed by atoms with Crippen LogP contribution in [0.15, 0.2) is 0 Å². The van der Waals surface area contributed by atoms with Crippen molar-refractivity contribution in [1.29, 1.82) is 0 Å². The number of likely N-dealkylation sites (N-methyl/N-ethyl adjacent to an activating group) is 2. The number of hydrogen-bond donors (Lipinski definition) is 1. The van der Waals surface area contributed by atoms with Crippen LogP contribution in [0.4, 0.5) is 0 Å². The second-order valence-electron chi connectivity index (χ2n) is 4.35. The van der Waals surface area contributed by atoms with Crippen LogP contribution in [-0.2, 0) is 0 Å². The predicted octanol–water partition coefficient (Wildman–Crippen LogP) is -0.244. The van der Waals surface area contributed by atoms with Gasteiger partial charge in [0.05, 0.1) is 0 Å². The molecule has 0 radical (unpaired) electrons. The predicted molar refractivity (Wildman–Crippen MR) is 61.4 cm³/mol. The number of nitrogens with one attached hydrogen (secondary N) is 1. The molecule has 7 nitrogen and oxygen atoms in total. The molecule has 0 aliphatic carbocycles. The van der Waals surface area contributed by atoms with Crippen molar-refractivity contribution in [1.82, 2.24) is 30.4 Å². The van der Waals surface area contributed by atoms with Gasteiger partial charge < -0.3 is 4.90 Å². The summed E-state index contributed by atoms with van der Waals surface area (Å²) >= 11 is 0. The summed E-state index contributed by atoms with van der Waals surface area (Å²) in [6.45, 7) is 5.04. The Kier molecular flexibility index (Phi) is 3.68. The number of tetrazole rings is 1. The van der Waals surface area contributed by atoms with E-state index >= 15 is 0 Å². The molecule has 1 aliphatic heterocycles. The van der Waals surface area contributed by atoms with Crippen molar-refractivity contribution < 1.29 is 4.79 Å². The number of aromatic amines is 1. The number of likely N-dealkylation sites (tertiary alicyclic amines) is 1. The third-order valence-electron chi connectivity index (χ3n) is 3.27. The van der Waals surface area contributed by atoms with Gasteiger partial charge in [-0.3, -0.25) is 9.69 Å². The maximum atomic E-state index is 11.9. The summed E-state index contributed by atoms with van der Waals surface area (Å²) in [5.74, 6) is -0.0461. The summed E-state index contributed by atoms with van der Waals surface area (Å²) < 4.78 is 0. The average molecular weight is 238 g/mol. The molecule has 2 heterocycles. The number of amides is 1. The normalized spacial score (nSPS) is 20.7. The summed E-state index contributed by atoms with van der Waals surface area (Å²) in [5, 5.41) is 13.1. The third kappa shape index (κ3) is 2.60. The lowest BCUT2D eigenvalue weighted by atomic mass is 10.2. The molecule has 1 saturated heterocycles. The van der Waals surface area contributed by atoms with Gasteiger partial charge in [-0.05, 0) is 31.1 Å². The van der Waals surface area contributed by atoms with Crippen molar-refractivity contribution in [2.24, 2.45) is 0 Å². The third-order valence-corrected chi connectivity index (χ3v) is 3.27. The Hall–Kier alpha value is -1.50. The molecule has 1 aliphatic rings. The fourth-order valence-corrected chi connectivity index (χ4v) is 2.34. The van der Waals surface area contributed by atoms with Crippen LogP contribution in [0.2, 0.25) is 0 Å². The molecule has 0 saturated carbocycles. The largest absolute Gasteiger partial charge is 0.337 e. The second kappa shape index (κ2) is 5.22. The highest BCUT2D eigenvalue weighted by Crippen LogP contribution is 2.17. The van der Waals surface area contributed by atoms with Crippen molar-refractivity contribution in [3.05, 3.63) is 5.82 Å². The topological polar surface area (TPSA) is 78.0 Å². The fraction of sp³-hybridized carbons (Fsp3) is 0.800. The van der Waals surface area contributed by atoms with Gasteiger partial charge in [-0.1, -0.05) is 6.92 Å². The Balaban J connectivity index is 1.92. The van der Waals surface area contributed by atoms with E-state index in [2.05, 4.69) is 32.4 Å². The molecule has 0 spiro atoms. The van der Waals surface area contributed by atoms with Crippen molar-refractivity contribution in [3.63, 3.8) is 0 Å². The highest BCUT2D eigenvalue weighted by molar-refractivity contribution is 5.89. The lowest BCUT2D eigenvalue weighted by Gasteiger charge is -2.27. The Morgan fingerprint density at radius 3 is 3.12 bits per heavy atom. The lowest BCUT2D eigenvalue weighted by molar-refractivity contribution is 0.0742. The molecule has 94 valence electrons. The zero-order valence-corrected chi connectivity index (χ0v) is 10.3. The van der Waals surface area contributed by atoms with Gasteiger partial charge in [0.2, 0.25) is 0 Å². The Morgan fingerprint density at radius 2 is 2.47 bits per heavy atom. The minimum absolute atomic E-state index is 0.133. The number of hydrogen-bond acceptors (Lipinski definition) is 5. The Bertz CT molecular complexity index is 365. The number of aromatic nitrogens is 4. The lowest BCUT2D eigenvalue weighted by Crippen LogP contribution is -2.41. The molecule has 1 fully saturated rings. The van der Waals surface area contributed by atoms with Crippen molar-refractivity contribution >= 4 is 5.91 Å². The van der Waals surface area contributed by atoms with Crippen molar-refractivity contribution in [2.45, 2.75) is 25.8 Å². The van der Waals surface area contributed by atoms with E-state index in [4.69, 9.17) is 0 Å². The molecule has 1 aromatic rings. The maximum absolute atomic E-state index is 11.9. The van der Waals surface area contributed by atoms with Crippen LogP contribution in [-0.4, -0.2) is 69.1 Å². The SMILES string of the molecule is CCN1CCCC1CN(C)C(=O)c1nn[nH]n1. The molecule has 2 rings (SSSR count). The first-order valence-corrected chi connectivity index (χ1v) is 5.95. The van der Waals surface area contributed by atoms with E-state index in [-0.39, 0.29) is 11.7 Å². The van der Waals surface area contributed by atoms with Gasteiger partial charge in [-0.2, -0.15) is 5.21 Å². The minimum Gasteiger partial charge on any atom is -0.337 e. The van der Waals surface area contributed by atoms with Crippen LogP contribution < -0.4 is 0 Å². The summed E-state index contributed by atoms with van der Waals surface area (Å²) in [7, 11) is 1.78. The summed E-state index contributed by atoms with van der Waals surface area (Å²) in [6, 6.07) is 0.459. The number of H-pyrrole nitrogens is 1.